The van der Waals surface area contributed by atoms with Crippen molar-refractivity contribution in [3.63, 3.8) is 0 Å². The smallest absolute Gasteiger partial charge is 0.251 e. The van der Waals surface area contributed by atoms with E-state index in [4.69, 9.17) is 0 Å². The Balaban J connectivity index is 0.00000392. The van der Waals surface area contributed by atoms with Crippen molar-refractivity contribution < 1.29 is 9.18 Å². The number of benzene rings is 2. The number of nitrogens with one attached hydrogen (secondary N) is 3. The van der Waals surface area contributed by atoms with Crippen LogP contribution in [-0.4, -0.2) is 32.0 Å². The van der Waals surface area contributed by atoms with Crippen molar-refractivity contribution in [2.75, 3.05) is 20.1 Å². The molecule has 3 N–H and O–H groups in total. The van der Waals surface area contributed by atoms with E-state index in [0.717, 1.165) is 29.7 Å². The fourth-order valence-corrected chi connectivity index (χ4v) is 2.72. The Kier molecular flexibility index (Phi) is 10.5. The average molecular weight is 498 g/mol. The van der Waals surface area contributed by atoms with E-state index in [1.54, 1.807) is 19.2 Å². The van der Waals surface area contributed by atoms with Crippen molar-refractivity contribution in [1.82, 2.24) is 16.0 Å². The molecule has 0 heterocycles. The van der Waals surface area contributed by atoms with Crippen LogP contribution in [0.25, 0.3) is 0 Å². The van der Waals surface area contributed by atoms with Gasteiger partial charge < -0.3 is 16.0 Å². The van der Waals surface area contributed by atoms with Crippen molar-refractivity contribution in [2.45, 2.75) is 26.8 Å². The van der Waals surface area contributed by atoms with Crippen LogP contribution in [0, 0.1) is 12.7 Å². The van der Waals surface area contributed by atoms with Gasteiger partial charge in [0.15, 0.2) is 5.96 Å². The summed E-state index contributed by atoms with van der Waals surface area (Å²) >= 11 is 0. The predicted octanol–water partition coefficient (Wildman–Crippen LogP) is 3.41. The summed E-state index contributed by atoms with van der Waals surface area (Å²) < 4.78 is 13.2. The van der Waals surface area contributed by atoms with Crippen LogP contribution in [0.5, 0.6) is 0 Å². The highest BCUT2D eigenvalue weighted by atomic mass is 127. The molecule has 0 radical (unpaired) electrons. The number of halogens is 2. The van der Waals surface area contributed by atoms with E-state index in [-0.39, 0.29) is 35.7 Å². The van der Waals surface area contributed by atoms with Gasteiger partial charge in [0.25, 0.3) is 5.91 Å². The third-order valence-electron chi connectivity index (χ3n) is 4.17. The molecule has 0 saturated heterocycles. The first-order valence-corrected chi connectivity index (χ1v) is 9.11. The molecule has 0 aromatic heterocycles. The second-order valence-corrected chi connectivity index (χ2v) is 6.22. The zero-order valence-corrected chi connectivity index (χ0v) is 18.8. The fourth-order valence-electron chi connectivity index (χ4n) is 2.72. The van der Waals surface area contributed by atoms with E-state index in [1.807, 2.05) is 38.1 Å². The molecule has 0 aliphatic carbocycles. The van der Waals surface area contributed by atoms with Crippen molar-refractivity contribution in [3.05, 3.63) is 70.5 Å². The topological polar surface area (TPSA) is 65.5 Å². The minimum atomic E-state index is -0.210. The zero-order valence-electron chi connectivity index (χ0n) is 16.5. The van der Waals surface area contributed by atoms with Crippen molar-refractivity contribution in [2.24, 2.45) is 4.99 Å². The van der Waals surface area contributed by atoms with Gasteiger partial charge in [0.05, 0.1) is 6.54 Å². The third-order valence-corrected chi connectivity index (χ3v) is 4.17. The summed E-state index contributed by atoms with van der Waals surface area (Å²) in [7, 11) is 1.61. The Bertz CT molecular complexity index is 811. The zero-order chi connectivity index (χ0) is 19.6. The number of rotatable bonds is 7. The van der Waals surface area contributed by atoms with Crippen molar-refractivity contribution >= 4 is 35.8 Å². The van der Waals surface area contributed by atoms with E-state index in [0.29, 0.717) is 24.6 Å². The molecule has 0 bridgehead atoms. The van der Waals surface area contributed by atoms with E-state index in [2.05, 4.69) is 20.9 Å². The number of nitrogens with zero attached hydrogens (tertiary/aromatic N) is 1. The maximum atomic E-state index is 13.2. The summed E-state index contributed by atoms with van der Waals surface area (Å²) in [6.07, 6.45) is 0.780. The number of hydrogen-bond donors (Lipinski definition) is 3. The molecule has 0 aliphatic heterocycles. The second kappa shape index (κ2) is 12.3. The monoisotopic (exact) mass is 498 g/mol. The van der Waals surface area contributed by atoms with Gasteiger partial charge in [-0.1, -0.05) is 18.2 Å². The number of carbonyl (C=O) groups excluding carboxylic acids is 1. The number of aryl methyl sites for hydroxylation is 1. The first-order valence-electron chi connectivity index (χ1n) is 9.11. The largest absolute Gasteiger partial charge is 0.357 e. The first-order chi connectivity index (χ1) is 13.0. The molecule has 0 saturated carbocycles. The third kappa shape index (κ3) is 7.46. The quantitative estimate of drug-likeness (QED) is 0.312. The molecule has 0 aliphatic rings. The summed E-state index contributed by atoms with van der Waals surface area (Å²) in [6.45, 7) is 5.83. The standard InChI is InChI=1S/C21H27FN4O.HI/c1-4-24-21(25-11-10-17-8-9-19(22)12-15(17)2)26-14-16-6-5-7-18(13-16)20(27)23-3;/h5-9,12-13H,4,10-11,14H2,1-3H3,(H,23,27)(H2,24,25,26);1H. The molecule has 152 valence electrons. The Morgan fingerprint density at radius 2 is 1.93 bits per heavy atom. The molecule has 1 amide bonds. The summed E-state index contributed by atoms with van der Waals surface area (Å²) in [5, 5.41) is 9.13. The lowest BCUT2D eigenvalue weighted by atomic mass is 10.1. The fraction of sp³-hybridized carbons (Fsp3) is 0.333. The average Bonchev–Trinajstić information content (AvgIpc) is 2.67. The summed E-state index contributed by atoms with van der Waals surface area (Å²) in [6, 6.07) is 12.3. The van der Waals surface area contributed by atoms with E-state index >= 15 is 0 Å². The number of amides is 1. The Labute approximate surface area is 183 Å². The lowest BCUT2D eigenvalue weighted by molar-refractivity contribution is 0.0963. The minimum Gasteiger partial charge on any atom is -0.357 e. The van der Waals surface area contributed by atoms with Crippen LogP contribution in [0.1, 0.15) is 34.0 Å². The number of hydrogen-bond acceptors (Lipinski definition) is 2. The molecule has 0 atom stereocenters. The van der Waals surface area contributed by atoms with Crippen LogP contribution in [-0.2, 0) is 13.0 Å². The van der Waals surface area contributed by atoms with Gasteiger partial charge in [0.1, 0.15) is 5.82 Å². The number of aliphatic imine (C=N–C) groups is 1. The molecular weight excluding hydrogens is 470 g/mol. The Hall–Kier alpha value is -2.16. The van der Waals surface area contributed by atoms with Crippen LogP contribution >= 0.6 is 24.0 Å². The molecule has 2 aromatic carbocycles. The second-order valence-electron chi connectivity index (χ2n) is 6.22. The molecule has 0 spiro atoms. The SMILES string of the molecule is CCNC(=NCc1cccc(C(=O)NC)c1)NCCc1ccc(F)cc1C.I. The van der Waals surface area contributed by atoms with E-state index < -0.39 is 0 Å². The van der Waals surface area contributed by atoms with Gasteiger partial charge in [0, 0.05) is 25.7 Å². The van der Waals surface area contributed by atoms with Gasteiger partial charge in [-0.3, -0.25) is 4.79 Å². The summed E-state index contributed by atoms with van der Waals surface area (Å²) in [5.41, 5.74) is 3.64. The number of guanidine groups is 1. The van der Waals surface area contributed by atoms with Gasteiger partial charge >= 0.3 is 0 Å². The van der Waals surface area contributed by atoms with Gasteiger partial charge in [0.2, 0.25) is 0 Å². The lowest BCUT2D eigenvalue weighted by Crippen LogP contribution is -2.38. The molecule has 2 aromatic rings. The highest BCUT2D eigenvalue weighted by Gasteiger charge is 2.05. The molecule has 0 unspecified atom stereocenters. The van der Waals surface area contributed by atoms with Gasteiger partial charge in [-0.2, -0.15) is 0 Å². The molecule has 0 fully saturated rings. The first kappa shape index (κ1) is 23.9. The predicted molar refractivity (Wildman–Crippen MR) is 123 cm³/mol. The van der Waals surface area contributed by atoms with Crippen LogP contribution in [0.3, 0.4) is 0 Å². The normalized spacial score (nSPS) is 10.8. The van der Waals surface area contributed by atoms with E-state index in [1.165, 1.54) is 6.07 Å². The molecule has 7 heteroatoms. The summed E-state index contributed by atoms with van der Waals surface area (Å²) in [4.78, 5) is 16.3. The maximum Gasteiger partial charge on any atom is 0.251 e. The van der Waals surface area contributed by atoms with Gasteiger partial charge in [-0.15, -0.1) is 24.0 Å². The van der Waals surface area contributed by atoms with Crippen LogP contribution in [0.4, 0.5) is 4.39 Å². The number of carbonyl (C=O) groups is 1. The Morgan fingerprint density at radius 1 is 1.14 bits per heavy atom. The molecular formula is C21H28FIN4O. The van der Waals surface area contributed by atoms with Crippen molar-refractivity contribution in [1.29, 1.82) is 0 Å². The highest BCUT2D eigenvalue weighted by Crippen LogP contribution is 2.10. The van der Waals surface area contributed by atoms with Crippen LogP contribution in [0.2, 0.25) is 0 Å². The summed E-state index contributed by atoms with van der Waals surface area (Å²) in [5.74, 6) is 0.390. The van der Waals surface area contributed by atoms with Crippen molar-refractivity contribution in [3.8, 4) is 0 Å². The molecule has 5 nitrogen and oxygen atoms in total. The minimum absolute atomic E-state index is 0. The van der Waals surface area contributed by atoms with Crippen LogP contribution in [0.15, 0.2) is 47.5 Å². The van der Waals surface area contributed by atoms with E-state index in [9.17, 15) is 9.18 Å². The van der Waals surface area contributed by atoms with Gasteiger partial charge in [-0.05, 0) is 61.2 Å². The van der Waals surface area contributed by atoms with Gasteiger partial charge in [-0.25, -0.2) is 9.38 Å². The highest BCUT2D eigenvalue weighted by molar-refractivity contribution is 14.0. The molecule has 28 heavy (non-hydrogen) atoms. The lowest BCUT2D eigenvalue weighted by Gasteiger charge is -2.12. The molecule has 2 rings (SSSR count). The maximum absolute atomic E-state index is 13.2. The Morgan fingerprint density at radius 3 is 2.61 bits per heavy atom. The van der Waals surface area contributed by atoms with Crippen LogP contribution < -0.4 is 16.0 Å².